The van der Waals surface area contributed by atoms with E-state index in [1.807, 2.05) is 0 Å². The average Bonchev–Trinajstić information content (AvgIpc) is 2.84. The zero-order valence-electron chi connectivity index (χ0n) is 10.3. The number of hydrogen-bond acceptors (Lipinski definition) is 4. The number of nitrogens with one attached hydrogen (secondary N) is 1. The van der Waals surface area contributed by atoms with Crippen LogP contribution in [0, 0.1) is 0 Å². The van der Waals surface area contributed by atoms with Crippen molar-refractivity contribution in [2.75, 3.05) is 5.32 Å². The van der Waals surface area contributed by atoms with E-state index >= 15 is 0 Å². The first-order valence-corrected chi connectivity index (χ1v) is 6.47. The summed E-state index contributed by atoms with van der Waals surface area (Å²) in [4.78, 5) is 2.80. The molecule has 0 aliphatic rings. The summed E-state index contributed by atoms with van der Waals surface area (Å²) < 4.78 is 65.5. The van der Waals surface area contributed by atoms with Crippen LogP contribution in [0.5, 0.6) is 5.75 Å². The van der Waals surface area contributed by atoms with Gasteiger partial charge in [0.25, 0.3) is 0 Å². The van der Waals surface area contributed by atoms with Crippen molar-refractivity contribution in [1.82, 2.24) is 4.98 Å². The minimum absolute atomic E-state index is 0.0144. The number of benzene rings is 1. The number of aromatic nitrogens is 1. The molecule has 0 bridgehead atoms. The summed E-state index contributed by atoms with van der Waals surface area (Å²) in [6.45, 7) is -2.79. The van der Waals surface area contributed by atoms with Gasteiger partial charge in [-0.25, -0.2) is 4.98 Å². The van der Waals surface area contributed by atoms with Gasteiger partial charge in [-0.2, -0.15) is 22.0 Å². The molecule has 0 spiro atoms. The minimum Gasteiger partial charge on any atom is -0.435 e. The van der Waals surface area contributed by atoms with Crippen LogP contribution in [-0.2, 0) is 12.7 Å². The summed E-state index contributed by atoms with van der Waals surface area (Å²) in [7, 11) is 0. The van der Waals surface area contributed by atoms with Gasteiger partial charge in [0, 0.05) is 6.54 Å². The van der Waals surface area contributed by atoms with E-state index in [1.54, 1.807) is 6.07 Å². The highest BCUT2D eigenvalue weighted by Gasteiger charge is 2.33. The third kappa shape index (κ3) is 4.55. The number of halogens is 5. The Balaban J connectivity index is 1.98. The molecule has 2 rings (SSSR count). The number of anilines is 1. The molecule has 0 saturated carbocycles. The second kappa shape index (κ2) is 6.25. The quantitative estimate of drug-likeness (QED) is 0.829. The Hall–Kier alpha value is -1.90. The molecular formula is C12H9F5N2OS. The van der Waals surface area contributed by atoms with Crippen molar-refractivity contribution in [1.29, 1.82) is 0 Å². The Morgan fingerprint density at radius 1 is 1.29 bits per heavy atom. The highest BCUT2D eigenvalue weighted by atomic mass is 32.1. The van der Waals surface area contributed by atoms with Crippen LogP contribution in [0.1, 0.15) is 10.4 Å². The van der Waals surface area contributed by atoms with E-state index in [0.717, 1.165) is 6.20 Å². The molecule has 0 aliphatic heterocycles. The molecule has 1 N–H and O–H groups in total. The van der Waals surface area contributed by atoms with Gasteiger partial charge in [-0.05, 0) is 17.7 Å². The molecule has 0 unspecified atom stereocenters. The molecule has 0 radical (unpaired) electrons. The predicted octanol–water partition coefficient (Wildman–Crippen LogP) is 4.38. The van der Waals surface area contributed by atoms with Crippen LogP contribution >= 0.6 is 11.3 Å². The normalized spacial score (nSPS) is 11.7. The summed E-state index contributed by atoms with van der Waals surface area (Å²) in [5.74, 6) is -0.0144. The van der Waals surface area contributed by atoms with Crippen molar-refractivity contribution in [3.05, 3.63) is 40.9 Å². The first-order valence-electron chi connectivity index (χ1n) is 5.65. The number of nitrogens with zero attached hydrogens (tertiary/aromatic N) is 1. The van der Waals surface area contributed by atoms with Crippen LogP contribution < -0.4 is 10.1 Å². The fourth-order valence-electron chi connectivity index (χ4n) is 1.50. The largest absolute Gasteiger partial charge is 0.435 e. The number of rotatable bonds is 5. The Labute approximate surface area is 120 Å². The molecule has 0 fully saturated rings. The van der Waals surface area contributed by atoms with Crippen LogP contribution in [0.25, 0.3) is 0 Å². The number of thiazole rings is 1. The van der Waals surface area contributed by atoms with Crippen molar-refractivity contribution in [3.63, 3.8) is 0 Å². The predicted molar refractivity (Wildman–Crippen MR) is 67.5 cm³/mol. The third-order valence-electron chi connectivity index (χ3n) is 2.35. The third-order valence-corrected chi connectivity index (χ3v) is 3.35. The van der Waals surface area contributed by atoms with Crippen molar-refractivity contribution >= 4 is 16.5 Å². The minimum atomic E-state index is -4.43. The van der Waals surface area contributed by atoms with Crippen LogP contribution in [0.15, 0.2) is 30.5 Å². The molecule has 9 heteroatoms. The van der Waals surface area contributed by atoms with Gasteiger partial charge in [0.1, 0.15) is 10.6 Å². The van der Waals surface area contributed by atoms with E-state index in [1.165, 1.54) is 18.2 Å². The molecule has 3 nitrogen and oxygen atoms in total. The van der Waals surface area contributed by atoms with Crippen LogP contribution in [0.4, 0.5) is 27.1 Å². The first kappa shape index (κ1) is 15.5. The molecule has 0 atom stereocenters. The summed E-state index contributed by atoms with van der Waals surface area (Å²) in [6, 6.07) is 5.87. The zero-order chi connectivity index (χ0) is 15.5. The SMILES string of the molecule is FC(F)Oc1cccc(CNc2ncc(C(F)(F)F)s2)c1. The monoisotopic (exact) mass is 324 g/mol. The highest BCUT2D eigenvalue weighted by Crippen LogP contribution is 2.35. The molecule has 0 amide bonds. The van der Waals surface area contributed by atoms with Crippen molar-refractivity contribution < 1.29 is 26.7 Å². The van der Waals surface area contributed by atoms with E-state index in [-0.39, 0.29) is 17.4 Å². The molecule has 1 heterocycles. The molecule has 0 aliphatic carbocycles. The van der Waals surface area contributed by atoms with Gasteiger partial charge in [-0.15, -0.1) is 0 Å². The molecule has 114 valence electrons. The Morgan fingerprint density at radius 3 is 2.67 bits per heavy atom. The Kier molecular flexibility index (Phi) is 4.61. The highest BCUT2D eigenvalue weighted by molar-refractivity contribution is 7.15. The second-order valence-electron chi connectivity index (χ2n) is 3.91. The van der Waals surface area contributed by atoms with Crippen molar-refractivity contribution in [2.24, 2.45) is 0 Å². The van der Waals surface area contributed by atoms with E-state index < -0.39 is 17.7 Å². The average molecular weight is 324 g/mol. The zero-order valence-corrected chi connectivity index (χ0v) is 11.1. The summed E-state index contributed by atoms with van der Waals surface area (Å²) in [5, 5.41) is 2.80. The van der Waals surface area contributed by atoms with Gasteiger partial charge >= 0.3 is 12.8 Å². The molecule has 1 aromatic heterocycles. The summed E-state index contributed by atoms with van der Waals surface area (Å²) >= 11 is 0.475. The number of hydrogen-bond donors (Lipinski definition) is 1. The smallest absolute Gasteiger partial charge is 0.427 e. The van der Waals surface area contributed by atoms with Gasteiger partial charge in [0.05, 0.1) is 6.20 Å². The van der Waals surface area contributed by atoms with Crippen molar-refractivity contribution in [2.45, 2.75) is 19.3 Å². The lowest BCUT2D eigenvalue weighted by Crippen LogP contribution is -2.03. The topological polar surface area (TPSA) is 34.1 Å². The summed E-state index contributed by atoms with van der Waals surface area (Å²) in [5.41, 5.74) is 0.580. The Morgan fingerprint density at radius 2 is 2.05 bits per heavy atom. The lowest BCUT2D eigenvalue weighted by Gasteiger charge is -2.07. The molecule has 0 saturated heterocycles. The lowest BCUT2D eigenvalue weighted by atomic mass is 10.2. The maximum atomic E-state index is 12.4. The molecular weight excluding hydrogens is 315 g/mol. The van der Waals surface area contributed by atoms with Crippen LogP contribution in [-0.4, -0.2) is 11.6 Å². The van der Waals surface area contributed by atoms with Gasteiger partial charge in [-0.1, -0.05) is 23.5 Å². The lowest BCUT2D eigenvalue weighted by molar-refractivity contribution is -0.134. The van der Waals surface area contributed by atoms with Gasteiger partial charge in [0.2, 0.25) is 0 Å². The maximum absolute atomic E-state index is 12.4. The fourth-order valence-corrected chi connectivity index (χ4v) is 2.18. The van der Waals surface area contributed by atoms with Gasteiger partial charge < -0.3 is 10.1 Å². The van der Waals surface area contributed by atoms with E-state index in [2.05, 4.69) is 15.0 Å². The first-order chi connectivity index (χ1) is 9.84. The van der Waals surface area contributed by atoms with Gasteiger partial charge in [-0.3, -0.25) is 0 Å². The number of ether oxygens (including phenoxy) is 1. The van der Waals surface area contributed by atoms with Crippen LogP contribution in [0.2, 0.25) is 0 Å². The van der Waals surface area contributed by atoms with E-state index in [9.17, 15) is 22.0 Å². The van der Waals surface area contributed by atoms with E-state index in [4.69, 9.17) is 0 Å². The standard InChI is InChI=1S/C12H9F5N2OS/c13-10(14)20-8-3-1-2-7(4-8)5-18-11-19-6-9(21-11)12(15,16)17/h1-4,6,10H,5H2,(H,18,19). The fraction of sp³-hybridized carbons (Fsp3) is 0.250. The van der Waals surface area contributed by atoms with Crippen molar-refractivity contribution in [3.8, 4) is 5.75 Å². The maximum Gasteiger partial charge on any atom is 0.427 e. The molecule has 2 aromatic rings. The Bertz CT molecular complexity index is 599. The molecule has 21 heavy (non-hydrogen) atoms. The molecule has 1 aromatic carbocycles. The second-order valence-corrected chi connectivity index (χ2v) is 4.94. The van der Waals surface area contributed by atoms with E-state index in [0.29, 0.717) is 16.9 Å². The van der Waals surface area contributed by atoms with Crippen LogP contribution in [0.3, 0.4) is 0 Å². The van der Waals surface area contributed by atoms with Gasteiger partial charge in [0.15, 0.2) is 5.13 Å². The summed E-state index contributed by atoms with van der Waals surface area (Å²) in [6.07, 6.45) is -3.69. The number of alkyl halides is 5.